The first-order valence-electron chi connectivity index (χ1n) is 8.24. The minimum absolute atomic E-state index is 0.132. The minimum Gasteiger partial charge on any atom is -0.484 e. The summed E-state index contributed by atoms with van der Waals surface area (Å²) in [4.78, 5) is 35.5. The predicted octanol–water partition coefficient (Wildman–Crippen LogP) is 2.54. The first-order valence-corrected chi connectivity index (χ1v) is 8.61. The second-order valence-electron chi connectivity index (χ2n) is 5.67. The normalized spacial score (nSPS) is 11.2. The number of anilines is 1. The van der Waals surface area contributed by atoms with Crippen LogP contribution in [0.4, 0.5) is 10.1 Å². The molecule has 0 saturated heterocycles. The molecule has 2 aromatic rings. The zero-order valence-electron chi connectivity index (χ0n) is 14.9. The Morgan fingerprint density at radius 1 is 1.07 bits per heavy atom. The molecule has 0 aliphatic rings. The third-order valence-electron chi connectivity index (χ3n) is 3.39. The number of hydrogen-bond donors (Lipinski definition) is 2. The van der Waals surface area contributed by atoms with Gasteiger partial charge in [0.05, 0.1) is 5.69 Å². The van der Waals surface area contributed by atoms with Crippen molar-refractivity contribution in [3.8, 4) is 5.75 Å². The highest BCUT2D eigenvalue weighted by Crippen LogP contribution is 2.19. The molecule has 2 aromatic carbocycles. The number of carbonyl (C=O) groups excluding carboxylic acids is 3. The van der Waals surface area contributed by atoms with Crippen molar-refractivity contribution in [1.82, 2.24) is 5.32 Å². The topological polar surface area (TPSA) is 93.7 Å². The van der Waals surface area contributed by atoms with E-state index in [1.807, 2.05) is 6.07 Å². The quantitative estimate of drug-likeness (QED) is 0.655. The lowest BCUT2D eigenvalue weighted by Crippen LogP contribution is -2.42. The summed E-state index contributed by atoms with van der Waals surface area (Å²) in [6, 6.07) is 11.4. The van der Waals surface area contributed by atoms with Crippen molar-refractivity contribution in [2.24, 2.45) is 0 Å². The van der Waals surface area contributed by atoms with E-state index in [1.165, 1.54) is 19.1 Å². The van der Waals surface area contributed by atoms with E-state index >= 15 is 0 Å². The number of nitrogens with one attached hydrogen (secondary N) is 2. The molecule has 28 heavy (non-hydrogen) atoms. The average Bonchev–Trinajstić information content (AvgIpc) is 2.68. The number of benzene rings is 2. The minimum atomic E-state index is -0.998. The van der Waals surface area contributed by atoms with Crippen LogP contribution in [-0.4, -0.2) is 37.0 Å². The lowest BCUT2D eigenvalue weighted by molar-refractivity contribution is -0.150. The number of ether oxygens (including phenoxy) is 2. The van der Waals surface area contributed by atoms with Gasteiger partial charge in [-0.2, -0.15) is 0 Å². The number of esters is 1. The molecule has 0 fully saturated rings. The van der Waals surface area contributed by atoms with Gasteiger partial charge in [-0.05, 0) is 37.3 Å². The van der Waals surface area contributed by atoms with Crippen LogP contribution in [0.2, 0.25) is 5.02 Å². The third kappa shape index (κ3) is 6.88. The van der Waals surface area contributed by atoms with Crippen molar-refractivity contribution in [1.29, 1.82) is 0 Å². The standard InChI is InChI=1S/C19H18ClFN2O5/c1-12(22-17(24)10-27-14-5-3-2-4-6-14)19(26)28-11-18(25)23-16-9-13(20)7-8-15(16)21/h2-9,12H,10-11H2,1H3,(H,22,24)(H,23,25)/t12-/m0/s1. The molecule has 0 aliphatic carbocycles. The van der Waals surface area contributed by atoms with Gasteiger partial charge in [0, 0.05) is 5.02 Å². The molecule has 0 unspecified atom stereocenters. The molecule has 0 radical (unpaired) electrons. The van der Waals surface area contributed by atoms with Gasteiger partial charge in [0.15, 0.2) is 13.2 Å². The summed E-state index contributed by atoms with van der Waals surface area (Å²) >= 11 is 5.73. The Balaban J connectivity index is 1.73. The molecule has 0 aliphatic heterocycles. The van der Waals surface area contributed by atoms with Crippen molar-refractivity contribution in [2.45, 2.75) is 13.0 Å². The highest BCUT2D eigenvalue weighted by molar-refractivity contribution is 6.30. The Bertz CT molecular complexity index is 847. The summed E-state index contributed by atoms with van der Waals surface area (Å²) < 4.78 is 23.6. The number of halogens is 2. The van der Waals surface area contributed by atoms with Crippen molar-refractivity contribution in [3.05, 3.63) is 59.4 Å². The van der Waals surface area contributed by atoms with Crippen LogP contribution in [0.1, 0.15) is 6.92 Å². The molecular formula is C19H18ClFN2O5. The van der Waals surface area contributed by atoms with Gasteiger partial charge in [-0.25, -0.2) is 9.18 Å². The van der Waals surface area contributed by atoms with Crippen LogP contribution in [0.25, 0.3) is 0 Å². The second-order valence-corrected chi connectivity index (χ2v) is 6.11. The van der Waals surface area contributed by atoms with E-state index in [4.69, 9.17) is 21.1 Å². The molecule has 0 bridgehead atoms. The highest BCUT2D eigenvalue weighted by Gasteiger charge is 2.19. The molecule has 9 heteroatoms. The summed E-state index contributed by atoms with van der Waals surface area (Å²) in [5.74, 6) is -2.27. The van der Waals surface area contributed by atoms with Gasteiger partial charge in [-0.15, -0.1) is 0 Å². The van der Waals surface area contributed by atoms with E-state index in [2.05, 4.69) is 10.6 Å². The molecule has 0 aromatic heterocycles. The predicted molar refractivity (Wildman–Crippen MR) is 101 cm³/mol. The summed E-state index contributed by atoms with van der Waals surface area (Å²) in [6.45, 7) is 0.471. The lowest BCUT2D eigenvalue weighted by Gasteiger charge is -2.14. The van der Waals surface area contributed by atoms with Gasteiger partial charge in [-0.3, -0.25) is 9.59 Å². The summed E-state index contributed by atoms with van der Waals surface area (Å²) in [5, 5.41) is 4.87. The van der Waals surface area contributed by atoms with Gasteiger partial charge in [0.2, 0.25) is 0 Å². The Morgan fingerprint density at radius 2 is 1.79 bits per heavy atom. The van der Waals surface area contributed by atoms with Gasteiger partial charge in [-0.1, -0.05) is 29.8 Å². The number of amides is 2. The zero-order valence-corrected chi connectivity index (χ0v) is 15.7. The molecule has 7 nitrogen and oxygen atoms in total. The summed E-state index contributed by atoms with van der Waals surface area (Å²) in [5.41, 5.74) is -0.132. The van der Waals surface area contributed by atoms with Crippen LogP contribution in [0, 0.1) is 5.82 Å². The fourth-order valence-corrected chi connectivity index (χ4v) is 2.22. The largest absolute Gasteiger partial charge is 0.484 e. The van der Waals surface area contributed by atoms with Gasteiger partial charge < -0.3 is 20.1 Å². The number of para-hydroxylation sites is 1. The monoisotopic (exact) mass is 408 g/mol. The van der Waals surface area contributed by atoms with Crippen molar-refractivity contribution < 1.29 is 28.2 Å². The molecule has 0 heterocycles. The van der Waals surface area contributed by atoms with Crippen molar-refractivity contribution in [2.75, 3.05) is 18.5 Å². The Kier molecular flexibility index (Phi) is 7.76. The zero-order chi connectivity index (χ0) is 20.5. The smallest absolute Gasteiger partial charge is 0.328 e. The van der Waals surface area contributed by atoms with Crippen LogP contribution in [-0.2, 0) is 19.1 Å². The van der Waals surface area contributed by atoms with Gasteiger partial charge in [0.1, 0.15) is 17.6 Å². The van der Waals surface area contributed by atoms with E-state index in [9.17, 15) is 18.8 Å². The van der Waals surface area contributed by atoms with Crippen LogP contribution in [0.5, 0.6) is 5.75 Å². The summed E-state index contributed by atoms with van der Waals surface area (Å²) in [6.07, 6.45) is 0. The molecule has 0 spiro atoms. The molecule has 1 atom stereocenters. The number of hydrogen-bond acceptors (Lipinski definition) is 5. The van der Waals surface area contributed by atoms with E-state index in [0.717, 1.165) is 6.07 Å². The highest BCUT2D eigenvalue weighted by atomic mass is 35.5. The van der Waals surface area contributed by atoms with Crippen molar-refractivity contribution >= 4 is 35.1 Å². The van der Waals surface area contributed by atoms with E-state index in [0.29, 0.717) is 5.75 Å². The third-order valence-corrected chi connectivity index (χ3v) is 3.63. The second kappa shape index (κ2) is 10.3. The molecule has 0 saturated carbocycles. The fourth-order valence-electron chi connectivity index (χ4n) is 2.05. The van der Waals surface area contributed by atoms with Crippen LogP contribution >= 0.6 is 11.6 Å². The number of rotatable bonds is 8. The Morgan fingerprint density at radius 3 is 2.50 bits per heavy atom. The van der Waals surface area contributed by atoms with E-state index in [-0.39, 0.29) is 17.3 Å². The fraction of sp³-hybridized carbons (Fsp3) is 0.211. The van der Waals surface area contributed by atoms with Gasteiger partial charge >= 0.3 is 5.97 Å². The van der Waals surface area contributed by atoms with Crippen LogP contribution in [0.3, 0.4) is 0 Å². The first-order chi connectivity index (χ1) is 13.3. The molecule has 2 rings (SSSR count). The average molecular weight is 409 g/mol. The van der Waals surface area contributed by atoms with Crippen LogP contribution < -0.4 is 15.4 Å². The maximum Gasteiger partial charge on any atom is 0.328 e. The summed E-state index contributed by atoms with van der Waals surface area (Å²) in [7, 11) is 0. The first kappa shape index (κ1) is 21.2. The van der Waals surface area contributed by atoms with E-state index < -0.39 is 36.2 Å². The number of carbonyl (C=O) groups is 3. The molecule has 148 valence electrons. The Hall–Kier alpha value is -3.13. The Labute approximate surface area is 165 Å². The van der Waals surface area contributed by atoms with Gasteiger partial charge in [0.25, 0.3) is 11.8 Å². The molecule has 2 N–H and O–H groups in total. The van der Waals surface area contributed by atoms with Crippen molar-refractivity contribution in [3.63, 3.8) is 0 Å². The lowest BCUT2D eigenvalue weighted by atomic mass is 10.3. The SMILES string of the molecule is C[C@H](NC(=O)COc1ccccc1)C(=O)OCC(=O)Nc1cc(Cl)ccc1F. The molecular weight excluding hydrogens is 391 g/mol. The maximum atomic E-state index is 13.6. The van der Waals surface area contributed by atoms with Crippen LogP contribution in [0.15, 0.2) is 48.5 Å². The molecule has 2 amide bonds. The maximum absolute atomic E-state index is 13.6. The van der Waals surface area contributed by atoms with E-state index in [1.54, 1.807) is 24.3 Å².